The summed E-state index contributed by atoms with van der Waals surface area (Å²) in [5, 5.41) is 3.06. The van der Waals surface area contributed by atoms with Gasteiger partial charge in [-0.05, 0) is 42.0 Å². The Kier molecular flexibility index (Phi) is 5.21. The summed E-state index contributed by atoms with van der Waals surface area (Å²) >= 11 is 0. The van der Waals surface area contributed by atoms with Gasteiger partial charge >= 0.3 is 0 Å². The van der Waals surface area contributed by atoms with E-state index in [2.05, 4.69) is 10.2 Å². The van der Waals surface area contributed by atoms with E-state index < -0.39 is 6.04 Å². The number of benzene rings is 2. The molecule has 0 aliphatic carbocycles. The van der Waals surface area contributed by atoms with Crippen molar-refractivity contribution in [3.8, 4) is 0 Å². The van der Waals surface area contributed by atoms with Crippen molar-refractivity contribution in [2.45, 2.75) is 6.04 Å². The molecule has 27 heavy (non-hydrogen) atoms. The lowest BCUT2D eigenvalue weighted by Crippen LogP contribution is -2.36. The van der Waals surface area contributed by atoms with Crippen molar-refractivity contribution < 1.29 is 9.53 Å². The largest absolute Gasteiger partial charge is 0.378 e. The van der Waals surface area contributed by atoms with Gasteiger partial charge in [-0.3, -0.25) is 4.79 Å². The molecule has 1 N–H and O–H groups in total. The van der Waals surface area contributed by atoms with Crippen LogP contribution in [0.5, 0.6) is 0 Å². The topological polar surface area (TPSA) is 46.5 Å². The highest BCUT2D eigenvalue weighted by molar-refractivity contribution is 5.96. The Morgan fingerprint density at radius 2 is 1.56 bits per heavy atom. The molecular formula is C22H23N3O2. The van der Waals surface area contributed by atoms with Crippen LogP contribution in [0.4, 0.5) is 11.4 Å². The first-order valence-corrected chi connectivity index (χ1v) is 9.22. The fourth-order valence-electron chi connectivity index (χ4n) is 3.40. The molecule has 1 saturated heterocycles. The van der Waals surface area contributed by atoms with Crippen molar-refractivity contribution in [2.75, 3.05) is 36.5 Å². The van der Waals surface area contributed by atoms with Crippen molar-refractivity contribution in [1.82, 2.24) is 4.57 Å². The first kappa shape index (κ1) is 17.4. The zero-order chi connectivity index (χ0) is 18.5. The van der Waals surface area contributed by atoms with E-state index in [9.17, 15) is 4.79 Å². The predicted molar refractivity (Wildman–Crippen MR) is 107 cm³/mol. The Hall–Kier alpha value is -3.05. The SMILES string of the molecule is O=C(Nc1ccc(N2CCOCC2)cc1)C(c1ccccc1)n1cccc1. The number of amides is 1. The number of hydrogen-bond donors (Lipinski definition) is 1. The second kappa shape index (κ2) is 8.10. The van der Waals surface area contributed by atoms with Crippen LogP contribution in [0.3, 0.4) is 0 Å². The third-order valence-corrected chi connectivity index (χ3v) is 4.80. The highest BCUT2D eigenvalue weighted by Gasteiger charge is 2.22. The number of carbonyl (C=O) groups excluding carboxylic acids is 1. The van der Waals surface area contributed by atoms with Gasteiger partial charge in [-0.1, -0.05) is 30.3 Å². The number of anilines is 2. The van der Waals surface area contributed by atoms with E-state index in [1.165, 1.54) is 0 Å². The second-order valence-corrected chi connectivity index (χ2v) is 6.58. The second-order valence-electron chi connectivity index (χ2n) is 6.58. The van der Waals surface area contributed by atoms with Crippen molar-refractivity contribution >= 4 is 17.3 Å². The number of hydrogen-bond acceptors (Lipinski definition) is 3. The lowest BCUT2D eigenvalue weighted by Gasteiger charge is -2.29. The molecule has 0 bridgehead atoms. The minimum atomic E-state index is -0.403. The van der Waals surface area contributed by atoms with Gasteiger partial charge in [0.25, 0.3) is 5.91 Å². The summed E-state index contributed by atoms with van der Waals surface area (Å²) in [6.45, 7) is 3.31. The fourth-order valence-corrected chi connectivity index (χ4v) is 3.40. The van der Waals surface area contributed by atoms with Crippen molar-refractivity contribution in [2.24, 2.45) is 0 Å². The zero-order valence-electron chi connectivity index (χ0n) is 15.1. The Balaban J connectivity index is 1.51. The van der Waals surface area contributed by atoms with Crippen LogP contribution in [0.15, 0.2) is 79.1 Å². The number of aromatic nitrogens is 1. The molecule has 5 nitrogen and oxygen atoms in total. The summed E-state index contributed by atoms with van der Waals surface area (Å²) in [6.07, 6.45) is 3.83. The summed E-state index contributed by atoms with van der Waals surface area (Å²) in [5.41, 5.74) is 2.91. The van der Waals surface area contributed by atoms with Crippen molar-refractivity contribution in [1.29, 1.82) is 0 Å². The van der Waals surface area contributed by atoms with Crippen molar-refractivity contribution in [3.63, 3.8) is 0 Å². The van der Waals surface area contributed by atoms with E-state index in [-0.39, 0.29) is 5.91 Å². The molecule has 138 valence electrons. The van der Waals surface area contributed by atoms with Gasteiger partial charge in [0.05, 0.1) is 13.2 Å². The van der Waals surface area contributed by atoms with Crippen LogP contribution in [0.25, 0.3) is 0 Å². The van der Waals surface area contributed by atoms with Gasteiger partial charge in [-0.25, -0.2) is 0 Å². The normalized spacial score (nSPS) is 15.3. The third kappa shape index (κ3) is 4.04. The summed E-state index contributed by atoms with van der Waals surface area (Å²) in [6, 6.07) is 21.3. The van der Waals surface area contributed by atoms with E-state index >= 15 is 0 Å². The molecule has 1 amide bonds. The molecular weight excluding hydrogens is 338 g/mol. The van der Waals surface area contributed by atoms with E-state index in [0.717, 1.165) is 43.2 Å². The van der Waals surface area contributed by atoms with Crippen LogP contribution in [0.1, 0.15) is 11.6 Å². The number of rotatable bonds is 5. The predicted octanol–water partition coefficient (Wildman–Crippen LogP) is 3.55. The number of nitrogens with zero attached hydrogens (tertiary/aromatic N) is 2. The standard InChI is InChI=1S/C22H23N3O2/c26-22(21(25-12-4-5-13-25)18-6-2-1-3-7-18)23-19-8-10-20(11-9-19)24-14-16-27-17-15-24/h1-13,21H,14-17H2,(H,23,26). The molecule has 2 heterocycles. The summed E-state index contributed by atoms with van der Waals surface area (Å²) in [7, 11) is 0. The average Bonchev–Trinajstić information content (AvgIpc) is 3.24. The minimum Gasteiger partial charge on any atom is -0.378 e. The summed E-state index contributed by atoms with van der Waals surface area (Å²) in [5.74, 6) is -0.0588. The lowest BCUT2D eigenvalue weighted by atomic mass is 10.1. The van der Waals surface area contributed by atoms with E-state index in [0.29, 0.717) is 0 Å². The van der Waals surface area contributed by atoms with E-state index in [4.69, 9.17) is 4.74 Å². The Morgan fingerprint density at radius 1 is 0.889 bits per heavy atom. The number of carbonyl (C=O) groups is 1. The van der Waals surface area contributed by atoms with Crippen LogP contribution in [0.2, 0.25) is 0 Å². The van der Waals surface area contributed by atoms with Crippen LogP contribution in [-0.2, 0) is 9.53 Å². The van der Waals surface area contributed by atoms with Crippen molar-refractivity contribution in [3.05, 3.63) is 84.7 Å². The van der Waals surface area contributed by atoms with Crippen LogP contribution in [-0.4, -0.2) is 36.8 Å². The average molecular weight is 361 g/mol. The van der Waals surface area contributed by atoms with Gasteiger partial charge < -0.3 is 19.5 Å². The first-order chi connectivity index (χ1) is 13.3. The molecule has 0 saturated carbocycles. The smallest absolute Gasteiger partial charge is 0.252 e. The van der Waals surface area contributed by atoms with Gasteiger partial charge in [-0.2, -0.15) is 0 Å². The van der Waals surface area contributed by atoms with Crippen LogP contribution >= 0.6 is 0 Å². The molecule has 2 aromatic carbocycles. The number of ether oxygens (including phenoxy) is 1. The van der Waals surface area contributed by atoms with E-state index in [1.807, 2.05) is 83.7 Å². The van der Waals surface area contributed by atoms with Gasteiger partial charge in [0, 0.05) is 36.9 Å². The maximum Gasteiger partial charge on any atom is 0.252 e. The molecule has 4 rings (SSSR count). The first-order valence-electron chi connectivity index (χ1n) is 9.22. The quantitative estimate of drug-likeness (QED) is 0.756. The third-order valence-electron chi connectivity index (χ3n) is 4.80. The monoisotopic (exact) mass is 361 g/mol. The molecule has 0 radical (unpaired) electrons. The fraction of sp³-hybridized carbons (Fsp3) is 0.227. The molecule has 1 aromatic heterocycles. The zero-order valence-corrected chi connectivity index (χ0v) is 15.1. The van der Waals surface area contributed by atoms with Crippen LogP contribution in [0, 0.1) is 0 Å². The molecule has 1 aliphatic heterocycles. The molecule has 5 heteroatoms. The van der Waals surface area contributed by atoms with Gasteiger partial charge in [0.15, 0.2) is 0 Å². The Morgan fingerprint density at radius 3 is 2.22 bits per heavy atom. The highest BCUT2D eigenvalue weighted by Crippen LogP contribution is 2.23. The van der Waals surface area contributed by atoms with Gasteiger partial charge in [-0.15, -0.1) is 0 Å². The number of morpholine rings is 1. The highest BCUT2D eigenvalue weighted by atomic mass is 16.5. The molecule has 3 aromatic rings. The Labute approximate surface area is 159 Å². The van der Waals surface area contributed by atoms with Gasteiger partial charge in [0.2, 0.25) is 0 Å². The molecule has 1 atom stereocenters. The van der Waals surface area contributed by atoms with Gasteiger partial charge in [0.1, 0.15) is 6.04 Å². The van der Waals surface area contributed by atoms with Crippen LogP contribution < -0.4 is 10.2 Å². The number of nitrogens with one attached hydrogen (secondary N) is 1. The molecule has 1 fully saturated rings. The molecule has 0 spiro atoms. The molecule has 1 unspecified atom stereocenters. The summed E-state index contributed by atoms with van der Waals surface area (Å²) < 4.78 is 7.32. The lowest BCUT2D eigenvalue weighted by molar-refractivity contribution is -0.118. The maximum absolute atomic E-state index is 13.0. The Bertz CT molecular complexity index is 854. The minimum absolute atomic E-state index is 0.0588. The van der Waals surface area contributed by atoms with E-state index in [1.54, 1.807) is 0 Å². The summed E-state index contributed by atoms with van der Waals surface area (Å²) in [4.78, 5) is 15.3. The molecule has 1 aliphatic rings. The maximum atomic E-state index is 13.0.